The largest absolute Gasteiger partial charge is 0.507 e. The number of hydrogen-bond donors (Lipinski definition) is 2. The quantitative estimate of drug-likeness (QED) is 0.0794. The van der Waals surface area contributed by atoms with Crippen molar-refractivity contribution in [3.63, 3.8) is 0 Å². The lowest BCUT2D eigenvalue weighted by molar-refractivity contribution is -0.384. The summed E-state index contributed by atoms with van der Waals surface area (Å²) in [7, 11) is 0. The van der Waals surface area contributed by atoms with E-state index in [2.05, 4.69) is 38.1 Å². The van der Waals surface area contributed by atoms with E-state index in [9.17, 15) is 25.1 Å². The molecule has 40 heavy (non-hydrogen) atoms. The van der Waals surface area contributed by atoms with Crippen LogP contribution >= 0.6 is 11.8 Å². The molecule has 4 aromatic carbocycles. The van der Waals surface area contributed by atoms with Crippen molar-refractivity contribution >= 4 is 23.4 Å². The Labute approximate surface area is 238 Å². The Balaban J connectivity index is 2.03. The van der Waals surface area contributed by atoms with Gasteiger partial charge in [0, 0.05) is 23.6 Å². The molecule has 0 unspecified atom stereocenters. The Kier molecular flexibility index (Phi) is 9.27. The van der Waals surface area contributed by atoms with E-state index in [1.54, 1.807) is 36.0 Å². The van der Waals surface area contributed by atoms with Crippen LogP contribution in [0.25, 0.3) is 11.1 Å². The summed E-state index contributed by atoms with van der Waals surface area (Å²) in [4.78, 5) is 22.7. The molecule has 0 heterocycles. The molecule has 7 heteroatoms. The zero-order valence-corrected chi connectivity index (χ0v) is 23.4. The molecular weight excluding hydrogens is 522 g/mol. The van der Waals surface area contributed by atoms with E-state index < -0.39 is 15.6 Å². The highest BCUT2D eigenvalue weighted by Crippen LogP contribution is 2.53. The van der Waals surface area contributed by atoms with E-state index in [1.807, 2.05) is 42.5 Å². The van der Waals surface area contributed by atoms with Crippen LogP contribution in [0.3, 0.4) is 0 Å². The van der Waals surface area contributed by atoms with Gasteiger partial charge in [-0.15, -0.1) is 11.8 Å². The Morgan fingerprint density at radius 3 is 2.00 bits per heavy atom. The zero-order chi connectivity index (χ0) is 28.7. The second kappa shape index (κ2) is 12.8. The van der Waals surface area contributed by atoms with E-state index in [4.69, 9.17) is 0 Å². The van der Waals surface area contributed by atoms with Crippen LogP contribution in [0.4, 0.5) is 5.69 Å². The Morgan fingerprint density at radius 1 is 0.875 bits per heavy atom. The van der Waals surface area contributed by atoms with E-state index >= 15 is 0 Å². The van der Waals surface area contributed by atoms with Gasteiger partial charge in [0.2, 0.25) is 0 Å². The number of rotatable bonds is 12. The highest BCUT2D eigenvalue weighted by Gasteiger charge is 2.40. The molecule has 6 nitrogen and oxygen atoms in total. The van der Waals surface area contributed by atoms with Crippen LogP contribution in [0.2, 0.25) is 0 Å². The third-order valence-electron chi connectivity index (χ3n) is 6.88. The normalized spacial score (nSPS) is 11.5. The number of phenolic OH excluding ortho intramolecular Hbond substituents is 1. The molecule has 4 aromatic rings. The Bertz CT molecular complexity index is 1430. The topological polar surface area (TPSA) is 101 Å². The summed E-state index contributed by atoms with van der Waals surface area (Å²) in [5.74, 6) is -0.0449. The molecule has 0 aliphatic rings. The number of nitro benzene ring substituents is 1. The second-order valence-electron chi connectivity index (χ2n) is 10.1. The van der Waals surface area contributed by atoms with E-state index in [-0.39, 0.29) is 23.8 Å². The fourth-order valence-electron chi connectivity index (χ4n) is 5.18. The Hall–Kier alpha value is -4.10. The highest BCUT2D eigenvalue weighted by molar-refractivity contribution is 8.00. The van der Waals surface area contributed by atoms with E-state index in [0.29, 0.717) is 29.7 Å². The smallest absolute Gasteiger partial charge is 0.303 e. The molecule has 0 bridgehead atoms. The summed E-state index contributed by atoms with van der Waals surface area (Å²) in [5.41, 5.74) is 4.33. The fraction of sp³-hybridized carbons (Fsp3) is 0.242. The van der Waals surface area contributed by atoms with Crippen molar-refractivity contribution in [2.24, 2.45) is 5.92 Å². The van der Waals surface area contributed by atoms with Gasteiger partial charge in [-0.1, -0.05) is 98.8 Å². The van der Waals surface area contributed by atoms with Gasteiger partial charge in [0.1, 0.15) is 5.75 Å². The first-order valence-corrected chi connectivity index (χ1v) is 14.3. The van der Waals surface area contributed by atoms with E-state index in [1.165, 1.54) is 6.07 Å². The molecule has 0 saturated carbocycles. The van der Waals surface area contributed by atoms with Crippen LogP contribution in [-0.2, 0) is 16.0 Å². The lowest BCUT2D eigenvalue weighted by atomic mass is 9.79. The average molecular weight is 556 g/mol. The SMILES string of the molecule is CC(C)Cc1c(C(SCCCC(=O)O)(c2ccccc2)c2ccccc2)ccc(-c2ccccc2[N+](=O)[O-])c1O. The van der Waals surface area contributed by atoms with Crippen molar-refractivity contribution in [3.05, 3.63) is 129 Å². The minimum absolute atomic E-state index is 0.0304. The molecule has 0 amide bonds. The van der Waals surface area contributed by atoms with Gasteiger partial charge >= 0.3 is 5.97 Å². The maximum absolute atomic E-state index is 11.9. The number of phenols is 1. The first-order chi connectivity index (χ1) is 19.3. The van der Waals surface area contributed by atoms with Crippen LogP contribution in [0.1, 0.15) is 48.9 Å². The number of thioether (sulfide) groups is 1. The maximum atomic E-state index is 11.9. The van der Waals surface area contributed by atoms with Crippen LogP contribution in [0, 0.1) is 16.0 Å². The Morgan fingerprint density at radius 2 is 1.45 bits per heavy atom. The minimum Gasteiger partial charge on any atom is -0.507 e. The highest BCUT2D eigenvalue weighted by atomic mass is 32.2. The van der Waals surface area contributed by atoms with Gasteiger partial charge in [-0.25, -0.2) is 0 Å². The first kappa shape index (κ1) is 28.9. The number of para-hydroxylation sites is 1. The van der Waals surface area contributed by atoms with Crippen molar-refractivity contribution in [2.75, 3.05) is 5.75 Å². The summed E-state index contributed by atoms with van der Waals surface area (Å²) in [5, 5.41) is 33.0. The lowest BCUT2D eigenvalue weighted by Crippen LogP contribution is -2.28. The molecule has 4 rings (SSSR count). The molecule has 0 aliphatic heterocycles. The first-order valence-electron chi connectivity index (χ1n) is 13.3. The summed E-state index contributed by atoms with van der Waals surface area (Å²) in [6, 6.07) is 30.3. The van der Waals surface area contributed by atoms with Gasteiger partial charge in [0.15, 0.2) is 0 Å². The molecular formula is C33H33NO5S. The third kappa shape index (κ3) is 6.05. The molecule has 0 radical (unpaired) electrons. The van der Waals surface area contributed by atoms with Crippen molar-refractivity contribution in [1.82, 2.24) is 0 Å². The zero-order valence-electron chi connectivity index (χ0n) is 22.6. The maximum Gasteiger partial charge on any atom is 0.303 e. The van der Waals surface area contributed by atoms with Gasteiger partial charge in [0.25, 0.3) is 5.69 Å². The van der Waals surface area contributed by atoms with Gasteiger partial charge < -0.3 is 10.2 Å². The minimum atomic E-state index is -0.836. The summed E-state index contributed by atoms with van der Waals surface area (Å²) in [6.07, 6.45) is 1.10. The number of carboxylic acid groups (broad SMARTS) is 1. The fourth-order valence-corrected chi connectivity index (χ4v) is 6.72. The van der Waals surface area contributed by atoms with Crippen LogP contribution < -0.4 is 0 Å². The number of aromatic hydroxyl groups is 1. The van der Waals surface area contributed by atoms with Crippen molar-refractivity contribution in [1.29, 1.82) is 0 Å². The third-order valence-corrected chi connectivity index (χ3v) is 8.50. The predicted octanol–water partition coefficient (Wildman–Crippen LogP) is 8.06. The number of carboxylic acids is 1. The molecule has 206 valence electrons. The van der Waals surface area contributed by atoms with Gasteiger partial charge in [-0.3, -0.25) is 14.9 Å². The molecule has 0 fully saturated rings. The van der Waals surface area contributed by atoms with Crippen LogP contribution in [0.5, 0.6) is 5.75 Å². The number of nitrogens with zero attached hydrogens (tertiary/aromatic N) is 1. The number of nitro groups is 1. The standard InChI is InChI=1S/C33H33NO5S/c1-23(2)22-28-29(20-19-27(32(28)37)26-16-9-10-17-30(26)34(38)39)33(24-12-5-3-6-13-24,25-14-7-4-8-15-25)40-21-11-18-31(35)36/h3-10,12-17,19-20,23,37H,11,18,21-22H2,1-2H3,(H,35,36). The lowest BCUT2D eigenvalue weighted by Gasteiger charge is -2.38. The summed E-state index contributed by atoms with van der Waals surface area (Å²) in [6.45, 7) is 4.15. The van der Waals surface area contributed by atoms with Crippen molar-refractivity contribution in [3.8, 4) is 16.9 Å². The average Bonchev–Trinajstić information content (AvgIpc) is 2.95. The van der Waals surface area contributed by atoms with E-state index in [0.717, 1.165) is 22.3 Å². The summed E-state index contributed by atoms with van der Waals surface area (Å²) >= 11 is 1.65. The van der Waals surface area contributed by atoms with Gasteiger partial charge in [0.05, 0.1) is 15.2 Å². The van der Waals surface area contributed by atoms with Crippen molar-refractivity contribution in [2.45, 2.75) is 37.9 Å². The molecule has 2 N–H and O–H groups in total. The molecule has 0 atom stereocenters. The number of aliphatic carboxylic acids is 1. The predicted molar refractivity (Wildman–Crippen MR) is 161 cm³/mol. The molecule has 0 aromatic heterocycles. The summed E-state index contributed by atoms with van der Waals surface area (Å²) < 4.78 is -0.760. The van der Waals surface area contributed by atoms with Crippen LogP contribution in [0.15, 0.2) is 97.1 Å². The monoisotopic (exact) mass is 555 g/mol. The number of hydrogen-bond acceptors (Lipinski definition) is 5. The van der Waals surface area contributed by atoms with Crippen LogP contribution in [-0.4, -0.2) is 26.9 Å². The second-order valence-corrected chi connectivity index (χ2v) is 11.4. The molecule has 0 saturated heterocycles. The molecule has 0 spiro atoms. The molecule has 0 aliphatic carbocycles. The van der Waals surface area contributed by atoms with Crippen molar-refractivity contribution < 1.29 is 19.9 Å². The number of benzene rings is 4. The van der Waals surface area contributed by atoms with Gasteiger partial charge in [-0.2, -0.15) is 0 Å². The van der Waals surface area contributed by atoms with Gasteiger partial charge in [-0.05, 0) is 47.3 Å². The number of carbonyl (C=O) groups is 1.